The largest absolute Gasteiger partial charge is 0.491 e. The second-order valence-corrected chi connectivity index (χ2v) is 7.50. The van der Waals surface area contributed by atoms with Crippen LogP contribution < -0.4 is 10.1 Å². The second kappa shape index (κ2) is 10.1. The number of rotatable bonds is 10. The summed E-state index contributed by atoms with van der Waals surface area (Å²) < 4.78 is 11.3. The van der Waals surface area contributed by atoms with Gasteiger partial charge >= 0.3 is 0 Å². The standard InChI is InChI=1S/C20H34N2O3/c1-20(2,24-3)16-21-13-17-9-5-6-10-19(17)25-15-18(23)14-22-11-7-4-8-12-22/h5-6,9-10,18,21,23H,4,7-8,11-16H2,1-3H3. The molecular weight excluding hydrogens is 316 g/mol. The van der Waals surface area contributed by atoms with E-state index < -0.39 is 6.10 Å². The maximum Gasteiger partial charge on any atom is 0.123 e. The molecule has 2 N–H and O–H groups in total. The quantitative estimate of drug-likeness (QED) is 0.679. The number of nitrogens with one attached hydrogen (secondary N) is 1. The summed E-state index contributed by atoms with van der Waals surface area (Å²) in [5.41, 5.74) is 0.903. The lowest BCUT2D eigenvalue weighted by Gasteiger charge is -2.28. The molecule has 1 aliphatic rings. The van der Waals surface area contributed by atoms with Gasteiger partial charge in [0.25, 0.3) is 0 Å². The highest BCUT2D eigenvalue weighted by Gasteiger charge is 2.17. The summed E-state index contributed by atoms with van der Waals surface area (Å²) in [6.45, 7) is 8.79. The van der Waals surface area contributed by atoms with E-state index in [1.54, 1.807) is 7.11 Å². The fourth-order valence-corrected chi connectivity index (χ4v) is 3.04. The Labute approximate surface area is 152 Å². The summed E-state index contributed by atoms with van der Waals surface area (Å²) in [5.74, 6) is 0.836. The Morgan fingerprint density at radius 1 is 1.20 bits per heavy atom. The molecule has 0 radical (unpaired) electrons. The van der Waals surface area contributed by atoms with Crippen molar-refractivity contribution in [1.29, 1.82) is 0 Å². The number of piperidine rings is 1. The first-order valence-electron chi connectivity index (χ1n) is 9.37. The van der Waals surface area contributed by atoms with Crippen molar-refractivity contribution >= 4 is 0 Å². The van der Waals surface area contributed by atoms with Gasteiger partial charge in [-0.05, 0) is 45.8 Å². The van der Waals surface area contributed by atoms with Crippen molar-refractivity contribution in [3.05, 3.63) is 29.8 Å². The number of hydrogen-bond acceptors (Lipinski definition) is 5. The highest BCUT2D eigenvalue weighted by atomic mass is 16.5. The predicted molar refractivity (Wildman–Crippen MR) is 101 cm³/mol. The van der Waals surface area contributed by atoms with Crippen LogP contribution in [-0.2, 0) is 11.3 Å². The minimum atomic E-state index is -0.452. The van der Waals surface area contributed by atoms with Crippen LogP contribution in [-0.4, -0.2) is 61.6 Å². The highest BCUT2D eigenvalue weighted by molar-refractivity contribution is 5.33. The van der Waals surface area contributed by atoms with Crippen molar-refractivity contribution in [3.63, 3.8) is 0 Å². The lowest BCUT2D eigenvalue weighted by atomic mass is 10.1. The Morgan fingerprint density at radius 3 is 2.64 bits per heavy atom. The van der Waals surface area contributed by atoms with Crippen molar-refractivity contribution in [2.45, 2.75) is 51.4 Å². The van der Waals surface area contributed by atoms with E-state index in [4.69, 9.17) is 9.47 Å². The Balaban J connectivity index is 1.79. The van der Waals surface area contributed by atoms with Gasteiger partial charge in [0.2, 0.25) is 0 Å². The van der Waals surface area contributed by atoms with Gasteiger partial charge in [0, 0.05) is 32.3 Å². The van der Waals surface area contributed by atoms with Crippen molar-refractivity contribution in [2.75, 3.05) is 39.9 Å². The van der Waals surface area contributed by atoms with Gasteiger partial charge in [-0.2, -0.15) is 0 Å². The molecule has 0 bridgehead atoms. The molecular formula is C20H34N2O3. The summed E-state index contributed by atoms with van der Waals surface area (Å²) in [7, 11) is 1.72. The van der Waals surface area contributed by atoms with Crippen LogP contribution in [0, 0.1) is 0 Å². The number of para-hydroxylation sites is 1. The molecule has 5 heteroatoms. The molecule has 1 aromatic rings. The molecule has 1 heterocycles. The lowest BCUT2D eigenvalue weighted by molar-refractivity contribution is 0.0230. The van der Waals surface area contributed by atoms with Crippen LogP contribution in [0.5, 0.6) is 5.75 Å². The molecule has 1 fully saturated rings. The van der Waals surface area contributed by atoms with Gasteiger partial charge in [0.05, 0.1) is 5.60 Å². The molecule has 1 atom stereocenters. The Morgan fingerprint density at radius 2 is 1.92 bits per heavy atom. The number of likely N-dealkylation sites (tertiary alicyclic amines) is 1. The number of methoxy groups -OCH3 is 1. The molecule has 0 amide bonds. The smallest absolute Gasteiger partial charge is 0.123 e. The first-order valence-corrected chi connectivity index (χ1v) is 9.37. The molecule has 142 valence electrons. The van der Waals surface area contributed by atoms with Crippen LogP contribution in [0.4, 0.5) is 0 Å². The molecule has 0 saturated carbocycles. The Bertz CT molecular complexity index is 501. The van der Waals surface area contributed by atoms with Crippen LogP contribution in [0.3, 0.4) is 0 Å². The van der Waals surface area contributed by atoms with E-state index in [1.165, 1.54) is 19.3 Å². The van der Waals surface area contributed by atoms with Gasteiger partial charge < -0.3 is 24.8 Å². The van der Waals surface area contributed by atoms with Gasteiger partial charge in [0.15, 0.2) is 0 Å². The van der Waals surface area contributed by atoms with Crippen LogP contribution in [0.1, 0.15) is 38.7 Å². The van der Waals surface area contributed by atoms with Crippen molar-refractivity contribution in [2.24, 2.45) is 0 Å². The first-order chi connectivity index (χ1) is 12.0. The minimum Gasteiger partial charge on any atom is -0.491 e. The number of aliphatic hydroxyl groups excluding tert-OH is 1. The van der Waals surface area contributed by atoms with Gasteiger partial charge in [-0.15, -0.1) is 0 Å². The maximum absolute atomic E-state index is 10.3. The predicted octanol–water partition coefficient (Wildman–Crippen LogP) is 2.43. The summed E-state index contributed by atoms with van der Waals surface area (Å²) in [4.78, 5) is 2.33. The van der Waals surface area contributed by atoms with Gasteiger partial charge in [-0.25, -0.2) is 0 Å². The lowest BCUT2D eigenvalue weighted by Crippen LogP contribution is -2.38. The number of nitrogens with zero attached hydrogens (tertiary/aromatic N) is 1. The van der Waals surface area contributed by atoms with Crippen LogP contribution in [0.25, 0.3) is 0 Å². The number of hydrogen-bond donors (Lipinski definition) is 2. The molecule has 1 aliphatic heterocycles. The first kappa shape index (κ1) is 20.2. The van der Waals surface area contributed by atoms with Gasteiger partial charge in [0.1, 0.15) is 18.5 Å². The average Bonchev–Trinajstić information content (AvgIpc) is 2.61. The Kier molecular flexibility index (Phi) is 8.16. The topological polar surface area (TPSA) is 54.0 Å². The highest BCUT2D eigenvalue weighted by Crippen LogP contribution is 2.19. The molecule has 0 spiro atoms. The van der Waals surface area contributed by atoms with E-state index in [2.05, 4.69) is 30.1 Å². The van der Waals surface area contributed by atoms with E-state index in [-0.39, 0.29) is 5.60 Å². The summed E-state index contributed by atoms with van der Waals surface area (Å²) >= 11 is 0. The monoisotopic (exact) mass is 350 g/mol. The van der Waals surface area contributed by atoms with Crippen molar-refractivity contribution in [1.82, 2.24) is 10.2 Å². The van der Waals surface area contributed by atoms with E-state index in [1.807, 2.05) is 18.2 Å². The zero-order valence-electron chi connectivity index (χ0n) is 16.0. The molecule has 0 aliphatic carbocycles. The van der Waals surface area contributed by atoms with E-state index >= 15 is 0 Å². The molecule has 2 rings (SSSR count). The van der Waals surface area contributed by atoms with Crippen molar-refractivity contribution in [3.8, 4) is 5.75 Å². The van der Waals surface area contributed by atoms with Crippen LogP contribution in [0.15, 0.2) is 24.3 Å². The van der Waals surface area contributed by atoms with Gasteiger partial charge in [-0.3, -0.25) is 0 Å². The Hall–Kier alpha value is -1.14. The van der Waals surface area contributed by atoms with Crippen molar-refractivity contribution < 1.29 is 14.6 Å². The number of benzene rings is 1. The molecule has 1 aromatic carbocycles. The minimum absolute atomic E-state index is 0.194. The SMILES string of the molecule is COC(C)(C)CNCc1ccccc1OCC(O)CN1CCCCC1. The fraction of sp³-hybridized carbons (Fsp3) is 0.700. The maximum atomic E-state index is 10.3. The third-order valence-electron chi connectivity index (χ3n) is 4.74. The average molecular weight is 351 g/mol. The summed E-state index contributed by atoms with van der Waals surface area (Å²) in [6.07, 6.45) is 3.33. The number of β-amino-alcohol motifs (C(OH)–C–C–N with tert-alkyl or cyclic N) is 1. The molecule has 1 saturated heterocycles. The summed E-state index contributed by atoms with van der Waals surface area (Å²) in [6, 6.07) is 8.00. The van der Waals surface area contributed by atoms with Crippen LogP contribution >= 0.6 is 0 Å². The molecule has 25 heavy (non-hydrogen) atoms. The summed E-state index contributed by atoms with van der Waals surface area (Å²) in [5, 5.41) is 13.7. The zero-order chi connectivity index (χ0) is 18.1. The second-order valence-electron chi connectivity index (χ2n) is 7.50. The van der Waals surface area contributed by atoms with E-state index in [0.717, 1.165) is 30.9 Å². The van der Waals surface area contributed by atoms with E-state index in [9.17, 15) is 5.11 Å². The van der Waals surface area contributed by atoms with Crippen LogP contribution in [0.2, 0.25) is 0 Å². The van der Waals surface area contributed by atoms with Gasteiger partial charge in [-0.1, -0.05) is 24.6 Å². The fourth-order valence-electron chi connectivity index (χ4n) is 3.04. The number of ether oxygens (including phenoxy) is 2. The molecule has 0 aromatic heterocycles. The third kappa shape index (κ3) is 7.32. The molecule has 5 nitrogen and oxygen atoms in total. The molecule has 1 unspecified atom stereocenters. The third-order valence-corrected chi connectivity index (χ3v) is 4.74. The number of aliphatic hydroxyl groups is 1. The zero-order valence-corrected chi connectivity index (χ0v) is 16.0. The normalized spacial score (nSPS) is 17.4. The van der Waals surface area contributed by atoms with E-state index in [0.29, 0.717) is 19.7 Å².